The smallest absolute Gasteiger partial charge is 0.229 e. The largest absolute Gasteiger partial charge is 0.494 e. The van der Waals surface area contributed by atoms with Gasteiger partial charge in [-0.2, -0.15) is 10.1 Å². The number of fused-ring (bicyclic) bond motifs is 1. The van der Waals surface area contributed by atoms with Crippen molar-refractivity contribution >= 4 is 63.9 Å². The van der Waals surface area contributed by atoms with Crippen LogP contribution < -0.4 is 30.9 Å². The Balaban J connectivity index is 1.15. The molecule has 5 aromatic rings. The van der Waals surface area contributed by atoms with E-state index in [0.717, 1.165) is 68.5 Å². The SMILES string of the molecule is COc1cc(N2CCN(CCC3CCNCC3)CC2)c(-c2cnn(C)c2)cc1Nc1ncc(Cl)c(Nc2ccc3nccnc3c2P(C)(C)=O)n1. The van der Waals surface area contributed by atoms with E-state index in [9.17, 15) is 4.57 Å². The summed E-state index contributed by atoms with van der Waals surface area (Å²) in [5, 5.41) is 15.5. The van der Waals surface area contributed by atoms with Gasteiger partial charge in [-0.05, 0) is 76.3 Å². The number of nitrogens with one attached hydrogen (secondary N) is 3. The van der Waals surface area contributed by atoms with Crippen LogP contribution in [0.3, 0.4) is 0 Å². The minimum Gasteiger partial charge on any atom is -0.494 e. The highest BCUT2D eigenvalue weighted by molar-refractivity contribution is 7.71. The number of benzene rings is 2. The first kappa shape index (κ1) is 35.1. The van der Waals surface area contributed by atoms with Crippen LogP contribution in [0.1, 0.15) is 19.3 Å². The number of hydrogen-bond donors (Lipinski definition) is 3. The summed E-state index contributed by atoms with van der Waals surface area (Å²) in [7, 11) is 0.797. The monoisotopic (exact) mass is 729 g/mol. The second kappa shape index (κ2) is 15.1. The van der Waals surface area contributed by atoms with Crippen molar-refractivity contribution in [2.24, 2.45) is 13.0 Å². The molecule has 268 valence electrons. The fourth-order valence-electron chi connectivity index (χ4n) is 7.07. The van der Waals surface area contributed by atoms with Crippen molar-refractivity contribution < 1.29 is 9.30 Å². The first-order valence-corrected chi connectivity index (χ1v) is 20.4. The molecule has 2 fully saturated rings. The summed E-state index contributed by atoms with van der Waals surface area (Å²) < 4.78 is 21.3. The predicted molar refractivity (Wildman–Crippen MR) is 206 cm³/mol. The van der Waals surface area contributed by atoms with E-state index in [1.807, 2.05) is 36.3 Å². The second-order valence-electron chi connectivity index (χ2n) is 13.7. The van der Waals surface area contributed by atoms with Crippen LogP contribution in [0, 0.1) is 5.92 Å². The molecule has 0 spiro atoms. The number of ether oxygens (including phenoxy) is 1. The Labute approximate surface area is 303 Å². The number of piperazine rings is 1. The van der Waals surface area contributed by atoms with Gasteiger partial charge in [-0.1, -0.05) is 11.6 Å². The number of piperidine rings is 1. The fraction of sp³-hybridized carbons (Fsp3) is 0.417. The van der Waals surface area contributed by atoms with E-state index < -0.39 is 7.14 Å². The Morgan fingerprint density at radius 1 is 1.00 bits per heavy atom. The van der Waals surface area contributed by atoms with Crippen LogP contribution in [0.4, 0.5) is 28.8 Å². The molecule has 51 heavy (non-hydrogen) atoms. The predicted octanol–water partition coefficient (Wildman–Crippen LogP) is 5.73. The van der Waals surface area contributed by atoms with E-state index in [-0.39, 0.29) is 0 Å². The summed E-state index contributed by atoms with van der Waals surface area (Å²) in [4.78, 5) is 23.2. The summed E-state index contributed by atoms with van der Waals surface area (Å²) in [5.41, 5.74) is 5.65. The standard InChI is InChI=1S/C36H45ClN11O2P/c1-46-23-25(21-42-46)26-19-30(32(50-2)20-31(26)48-17-15-47(16-18-48)14-9-24-7-10-38-11-8-24)44-36-41-22-27(37)35(45-36)43-29-6-5-28-33(40-13-12-39-28)34(29)51(3,4)49/h5-6,12-13,19-24,38H,7-11,14-18H2,1-4H3,(H2,41,43,44,45). The van der Waals surface area contributed by atoms with Crippen molar-refractivity contribution in [3.8, 4) is 16.9 Å². The summed E-state index contributed by atoms with van der Waals surface area (Å²) in [6.07, 6.45) is 12.5. The molecule has 2 aliphatic heterocycles. The van der Waals surface area contributed by atoms with Gasteiger partial charge in [0.2, 0.25) is 5.95 Å². The molecule has 13 nitrogen and oxygen atoms in total. The number of halogens is 1. The maximum absolute atomic E-state index is 13.5. The maximum Gasteiger partial charge on any atom is 0.229 e. The van der Waals surface area contributed by atoms with Gasteiger partial charge >= 0.3 is 0 Å². The lowest BCUT2D eigenvalue weighted by Crippen LogP contribution is -2.47. The van der Waals surface area contributed by atoms with Crippen molar-refractivity contribution in [1.82, 2.24) is 39.9 Å². The normalized spacial score (nSPS) is 16.1. The van der Waals surface area contributed by atoms with Gasteiger partial charge in [-0.25, -0.2) is 4.98 Å². The van der Waals surface area contributed by atoms with E-state index in [1.165, 1.54) is 25.5 Å². The zero-order chi connectivity index (χ0) is 35.5. The fourth-order valence-corrected chi connectivity index (χ4v) is 8.60. The van der Waals surface area contributed by atoms with E-state index in [1.54, 1.807) is 32.8 Å². The molecular formula is C36H45ClN11O2P. The molecule has 0 bridgehead atoms. The van der Waals surface area contributed by atoms with Crippen LogP contribution in [-0.4, -0.2) is 101 Å². The number of nitrogens with zero attached hydrogens (tertiary/aromatic N) is 8. The Bertz CT molecular complexity index is 2050. The topological polar surface area (TPSA) is 138 Å². The van der Waals surface area contributed by atoms with E-state index >= 15 is 0 Å². The first-order chi connectivity index (χ1) is 24.7. The highest BCUT2D eigenvalue weighted by atomic mass is 35.5. The van der Waals surface area contributed by atoms with Crippen LogP contribution in [0.2, 0.25) is 5.02 Å². The molecule has 2 aromatic carbocycles. The maximum atomic E-state index is 13.5. The van der Waals surface area contributed by atoms with Crippen LogP contribution in [0.15, 0.2) is 55.2 Å². The average Bonchev–Trinajstić information content (AvgIpc) is 3.58. The van der Waals surface area contributed by atoms with Gasteiger partial charge in [0.25, 0.3) is 0 Å². The number of methoxy groups -OCH3 is 1. The quantitative estimate of drug-likeness (QED) is 0.143. The van der Waals surface area contributed by atoms with Gasteiger partial charge in [0.05, 0.1) is 41.7 Å². The molecule has 0 radical (unpaired) electrons. The van der Waals surface area contributed by atoms with Gasteiger partial charge in [0, 0.05) is 74.7 Å². The summed E-state index contributed by atoms with van der Waals surface area (Å²) >= 11 is 6.62. The number of anilines is 5. The molecule has 0 saturated carbocycles. The van der Waals surface area contributed by atoms with Crippen LogP contribution in [0.5, 0.6) is 5.75 Å². The third kappa shape index (κ3) is 7.97. The lowest BCUT2D eigenvalue weighted by Gasteiger charge is -2.38. The lowest BCUT2D eigenvalue weighted by atomic mass is 9.94. The van der Waals surface area contributed by atoms with Crippen molar-refractivity contribution in [2.45, 2.75) is 19.3 Å². The minimum absolute atomic E-state index is 0.307. The molecule has 0 amide bonds. The molecule has 2 saturated heterocycles. The summed E-state index contributed by atoms with van der Waals surface area (Å²) in [6, 6.07) is 7.82. The molecule has 3 aromatic heterocycles. The van der Waals surface area contributed by atoms with Gasteiger partial charge in [-0.3, -0.25) is 19.5 Å². The molecular weight excluding hydrogens is 685 g/mol. The molecule has 3 N–H and O–H groups in total. The van der Waals surface area contributed by atoms with E-state index in [4.69, 9.17) is 21.3 Å². The highest BCUT2D eigenvalue weighted by Crippen LogP contribution is 2.43. The molecule has 15 heteroatoms. The number of rotatable bonds is 11. The van der Waals surface area contributed by atoms with Crippen LogP contribution in [-0.2, 0) is 11.6 Å². The van der Waals surface area contributed by atoms with Crippen molar-refractivity contribution in [1.29, 1.82) is 0 Å². The molecule has 2 aliphatic rings. The molecule has 0 unspecified atom stereocenters. The van der Waals surface area contributed by atoms with Crippen LogP contribution >= 0.6 is 18.7 Å². The van der Waals surface area contributed by atoms with Gasteiger partial charge in [-0.15, -0.1) is 0 Å². The molecule has 7 rings (SSSR count). The van der Waals surface area contributed by atoms with Crippen molar-refractivity contribution in [3.05, 3.63) is 60.3 Å². The Morgan fingerprint density at radius 2 is 1.78 bits per heavy atom. The number of aromatic nitrogens is 6. The average molecular weight is 730 g/mol. The Morgan fingerprint density at radius 3 is 2.51 bits per heavy atom. The van der Waals surface area contributed by atoms with Gasteiger partial charge in [0.15, 0.2) is 5.82 Å². The number of hydrogen-bond acceptors (Lipinski definition) is 12. The second-order valence-corrected chi connectivity index (χ2v) is 17.2. The van der Waals surface area contributed by atoms with E-state index in [2.05, 4.69) is 57.9 Å². The highest BCUT2D eigenvalue weighted by Gasteiger charge is 2.25. The first-order valence-electron chi connectivity index (χ1n) is 17.4. The number of aryl methyl sites for hydroxylation is 1. The Hall–Kier alpha value is -4.29. The third-order valence-corrected chi connectivity index (χ3v) is 11.6. The van der Waals surface area contributed by atoms with Crippen molar-refractivity contribution in [2.75, 3.05) is 81.8 Å². The van der Waals surface area contributed by atoms with Crippen LogP contribution in [0.25, 0.3) is 22.2 Å². The Kier molecular flexibility index (Phi) is 10.4. The molecule has 5 heterocycles. The van der Waals surface area contributed by atoms with Crippen molar-refractivity contribution in [3.63, 3.8) is 0 Å². The van der Waals surface area contributed by atoms with E-state index in [0.29, 0.717) is 50.3 Å². The zero-order valence-corrected chi connectivity index (χ0v) is 31.2. The molecule has 0 atom stereocenters. The van der Waals surface area contributed by atoms with Gasteiger partial charge in [0.1, 0.15) is 23.4 Å². The third-order valence-electron chi connectivity index (χ3n) is 9.75. The zero-order valence-electron chi connectivity index (χ0n) is 29.6. The van der Waals surface area contributed by atoms with Gasteiger partial charge < -0.3 is 30.2 Å². The summed E-state index contributed by atoms with van der Waals surface area (Å²) in [5.74, 6) is 2.16. The summed E-state index contributed by atoms with van der Waals surface area (Å²) in [6.45, 7) is 10.8. The molecule has 0 aliphatic carbocycles. The lowest BCUT2D eigenvalue weighted by molar-refractivity contribution is 0.224. The minimum atomic E-state index is -2.79.